The van der Waals surface area contributed by atoms with Crippen molar-refractivity contribution in [3.8, 4) is 78.4 Å². The first kappa shape index (κ1) is 79.7. The minimum Gasteiger partial charge on any atom is -0.457 e. The van der Waals surface area contributed by atoms with Crippen LogP contribution in [0.2, 0.25) is 0 Å². The molecule has 19 aromatic carbocycles. The summed E-state index contributed by atoms with van der Waals surface area (Å²) >= 11 is 5.58. The van der Waals surface area contributed by atoms with E-state index in [0.29, 0.717) is 0 Å². The summed E-state index contributed by atoms with van der Waals surface area (Å²) in [6.45, 7) is 0. The number of anilines is 6. The predicted octanol–water partition coefficient (Wildman–Crippen LogP) is 34.4. The number of nitrogens with one attached hydrogen (secondary N) is 3. The molecule has 11 heteroatoms. The smallest absolute Gasteiger partial charge is 0.137 e. The molecule has 30 rings (SSSR count). The van der Waals surface area contributed by atoms with Gasteiger partial charge in [-0.25, -0.2) is 4.98 Å². The van der Waals surface area contributed by atoms with Gasteiger partial charge in [-0.3, -0.25) is 4.98 Å². The maximum atomic E-state index is 6.61. The van der Waals surface area contributed by atoms with Crippen LogP contribution in [0.3, 0.4) is 0 Å². The minimum absolute atomic E-state index is 0.388. The van der Waals surface area contributed by atoms with Gasteiger partial charge in [-0.05, 0) is 251 Å². The van der Waals surface area contributed by atoms with Gasteiger partial charge in [0.25, 0.3) is 0 Å². The molecule has 0 amide bonds. The lowest BCUT2D eigenvalue weighted by atomic mass is 9.66. The summed E-state index contributed by atoms with van der Waals surface area (Å²) in [5, 5.41) is 17.9. The number of thiophene rings is 1. The number of fused-ring (bicyclic) bond motifs is 36. The van der Waals surface area contributed by atoms with Crippen LogP contribution in [-0.2, 0) is 16.2 Å². The number of hydrogen-bond donors (Lipinski definition) is 3. The zero-order chi connectivity index (χ0) is 90.7. The van der Waals surface area contributed by atoms with Crippen molar-refractivity contribution in [1.29, 1.82) is 0 Å². The van der Waals surface area contributed by atoms with Gasteiger partial charge in [0, 0.05) is 90.4 Å². The van der Waals surface area contributed by atoms with Gasteiger partial charge < -0.3 is 29.5 Å². The highest BCUT2D eigenvalue weighted by Gasteiger charge is 2.54. The van der Waals surface area contributed by atoms with Gasteiger partial charge in [-0.1, -0.05) is 327 Å². The van der Waals surface area contributed by atoms with Gasteiger partial charge in [0.2, 0.25) is 0 Å². The molecule has 8 nitrogen and oxygen atoms in total. The first-order chi connectivity index (χ1) is 68.4. The number of furan rings is 2. The van der Waals surface area contributed by atoms with Crippen LogP contribution in [0.4, 0.5) is 34.3 Å². The Kier molecular flexibility index (Phi) is 18.3. The Bertz CT molecular complexity index is 8660. The van der Waals surface area contributed by atoms with Crippen molar-refractivity contribution in [1.82, 2.24) is 9.97 Å². The van der Waals surface area contributed by atoms with Gasteiger partial charge in [-0.15, -0.1) is 11.3 Å². The van der Waals surface area contributed by atoms with E-state index in [1.807, 2.05) is 102 Å². The third kappa shape index (κ3) is 12.2. The molecule has 3 spiro atoms. The number of benzene rings is 19. The van der Waals surface area contributed by atoms with Crippen molar-refractivity contribution in [3.63, 3.8) is 0 Å². The molecule has 0 bridgehead atoms. The van der Waals surface area contributed by atoms with Crippen LogP contribution >= 0.6 is 34.9 Å². The Hall–Kier alpha value is -16.8. The number of hydrogen-bond acceptors (Lipinski definition) is 11. The topological polar surface area (TPSA) is 97.4 Å². The first-order valence-corrected chi connectivity index (χ1v) is 49.2. The summed E-state index contributed by atoms with van der Waals surface area (Å²) in [5.74, 6) is 2.63. The molecule has 648 valence electrons. The molecular formula is C127H79N5O3S3. The Morgan fingerprint density at radius 3 is 1.19 bits per heavy atom. The van der Waals surface area contributed by atoms with Crippen molar-refractivity contribution in [2.75, 3.05) is 16.0 Å². The van der Waals surface area contributed by atoms with E-state index in [2.05, 4.69) is 410 Å². The van der Waals surface area contributed by atoms with E-state index in [9.17, 15) is 0 Å². The third-order valence-electron chi connectivity index (χ3n) is 28.9. The molecule has 0 atom stereocenters. The van der Waals surface area contributed by atoms with Crippen molar-refractivity contribution in [2.24, 2.45) is 0 Å². The lowest BCUT2D eigenvalue weighted by Crippen LogP contribution is -2.32. The summed E-state index contributed by atoms with van der Waals surface area (Å²) in [6.07, 6.45) is 3.93. The van der Waals surface area contributed by atoms with Gasteiger partial charge in [0.05, 0.1) is 56.0 Å². The molecule has 0 saturated heterocycles. The van der Waals surface area contributed by atoms with Crippen LogP contribution in [0.15, 0.2) is 490 Å². The van der Waals surface area contributed by atoms with E-state index in [4.69, 9.17) is 23.5 Å². The standard InChI is InChI=1S/C43H27NO2.C42H26N2OS.C42H26N2S2/c1-4-13-33-30(10-1)31-11-2-5-14-34(31)43(33)35-15-6-8-18-39(35)46-40-25-22-28(26-36(40)43)27-20-23-29(24-21-27)44-37-16-9-19-41-42(37)32-12-3-7-17-38(32)45-41;1-4-13-31-28(10-1)29-11-2-5-14-32(29)42(31)33-15-6-8-19-39(33)46-40-23-20-26(24-34(40)42)35-22-21-27(25-43-35)44-36-16-9-18-38-41(36)30-12-3-7-17-37(30)45-38;1-4-14-32-29(10-1)30-11-2-5-15-33(30)42(32)34-16-6-8-18-37(34)46-38-22-21-27(24-35(38)42)44-40-23-20-26(25-43-40)28-13-9-19-39-41(28)31-12-3-7-17-36(31)45-39/h1-26,44H;1-25,44H;1-25H,(H,43,44). The highest BCUT2D eigenvalue weighted by atomic mass is 32.2. The molecule has 3 aliphatic heterocycles. The maximum absolute atomic E-state index is 6.61. The van der Waals surface area contributed by atoms with E-state index in [-0.39, 0.29) is 5.41 Å². The van der Waals surface area contributed by atoms with E-state index >= 15 is 0 Å². The zero-order valence-electron chi connectivity index (χ0n) is 74.2. The van der Waals surface area contributed by atoms with E-state index < -0.39 is 10.8 Å². The molecule has 0 saturated carbocycles. The van der Waals surface area contributed by atoms with Gasteiger partial charge in [0.15, 0.2) is 0 Å². The van der Waals surface area contributed by atoms with Gasteiger partial charge in [-0.2, -0.15) is 0 Å². The lowest BCUT2D eigenvalue weighted by molar-refractivity contribution is 0.436. The Morgan fingerprint density at radius 1 is 0.225 bits per heavy atom. The van der Waals surface area contributed by atoms with Crippen molar-refractivity contribution >= 4 is 133 Å². The van der Waals surface area contributed by atoms with Gasteiger partial charge >= 0.3 is 0 Å². The Morgan fingerprint density at radius 2 is 0.630 bits per heavy atom. The number of pyridine rings is 2. The summed E-state index contributed by atoms with van der Waals surface area (Å²) in [5.41, 5.74) is 37.4. The quantitative estimate of drug-likeness (QED) is 0.130. The van der Waals surface area contributed by atoms with Gasteiger partial charge in [0.1, 0.15) is 39.6 Å². The fourth-order valence-corrected chi connectivity index (χ4v) is 26.7. The predicted molar refractivity (Wildman–Crippen MR) is 568 cm³/mol. The molecule has 138 heavy (non-hydrogen) atoms. The van der Waals surface area contributed by atoms with E-state index in [1.165, 1.54) is 145 Å². The van der Waals surface area contributed by atoms with Crippen LogP contribution < -0.4 is 20.7 Å². The number of rotatable bonds is 9. The van der Waals surface area contributed by atoms with Crippen LogP contribution in [-0.4, -0.2) is 9.97 Å². The average molecular weight is 1820 g/mol. The molecule has 6 aliphatic rings. The van der Waals surface area contributed by atoms with Crippen LogP contribution in [0.5, 0.6) is 11.5 Å². The largest absolute Gasteiger partial charge is 0.457 e. The van der Waals surface area contributed by atoms with Crippen LogP contribution in [0, 0.1) is 0 Å². The summed E-state index contributed by atoms with van der Waals surface area (Å²) < 4.78 is 21.4. The Balaban J connectivity index is 0.000000102. The molecule has 8 heterocycles. The van der Waals surface area contributed by atoms with Crippen molar-refractivity contribution in [3.05, 3.63) is 528 Å². The second kappa shape index (κ2) is 31.7. The molecule has 0 fully saturated rings. The lowest BCUT2D eigenvalue weighted by Gasteiger charge is -2.39. The molecule has 3 aliphatic carbocycles. The number of aromatic nitrogens is 2. The summed E-state index contributed by atoms with van der Waals surface area (Å²) in [4.78, 5) is 15.1. The molecule has 5 aromatic heterocycles. The van der Waals surface area contributed by atoms with E-state index in [0.717, 1.165) is 118 Å². The SMILES string of the molecule is c1ccc2c(c1)Oc1ccc(-c3ccc(Nc4cccc5oc6ccccc6c45)cc3)cc1C21c2ccccc2-c2ccccc21.c1ccc2c(c1)Sc1ccc(-c3ccc(Nc4cccc5oc6ccccc6c45)cn3)cc1C21c2ccccc2-c2ccccc21.c1ccc2c(c1)Sc1ccc(Nc3ccc(-c4cccc5sc6ccccc6c45)cn3)cc1C21c2ccccc2-c2ccccc21. The maximum Gasteiger partial charge on any atom is 0.137 e. The second-order valence-corrected chi connectivity index (χ2v) is 39.3. The van der Waals surface area contributed by atoms with Crippen molar-refractivity contribution in [2.45, 2.75) is 35.8 Å². The normalized spacial score (nSPS) is 13.7. The van der Waals surface area contributed by atoms with Crippen molar-refractivity contribution < 1.29 is 13.6 Å². The fourth-order valence-electron chi connectivity index (χ4n) is 23.2. The Labute approximate surface area is 808 Å². The highest BCUT2D eigenvalue weighted by Crippen LogP contribution is 2.67. The monoisotopic (exact) mass is 1820 g/mol. The number of ether oxygens (including phenoxy) is 1. The molecule has 3 N–H and O–H groups in total. The number of nitrogens with zero attached hydrogens (tertiary/aromatic N) is 2. The number of para-hydroxylation sites is 3. The average Bonchev–Trinajstić information content (AvgIpc) is 1.51. The molecule has 24 aromatic rings. The summed E-state index contributed by atoms with van der Waals surface area (Å²) in [6, 6.07) is 161. The van der Waals surface area contributed by atoms with E-state index in [1.54, 1.807) is 0 Å². The van der Waals surface area contributed by atoms with Crippen LogP contribution in [0.1, 0.15) is 66.8 Å². The summed E-state index contributed by atoms with van der Waals surface area (Å²) in [7, 11) is 0. The first-order valence-electron chi connectivity index (χ1n) is 46.8. The van der Waals surface area contributed by atoms with Crippen LogP contribution in [0.25, 0.3) is 131 Å². The molecular weight excluding hydrogens is 1740 g/mol. The zero-order valence-corrected chi connectivity index (χ0v) is 76.7. The second-order valence-electron chi connectivity index (χ2n) is 36.1. The fraction of sp³-hybridized carbons (Fsp3) is 0.0236. The third-order valence-corrected chi connectivity index (χ3v) is 32.4. The minimum atomic E-state index is -0.471. The highest BCUT2D eigenvalue weighted by molar-refractivity contribution is 7.99. The molecule has 0 unspecified atom stereocenters. The molecule has 0 radical (unpaired) electrons.